The Balaban J connectivity index is 1.62. The summed E-state index contributed by atoms with van der Waals surface area (Å²) in [5, 5.41) is 0. The first-order valence-electron chi connectivity index (χ1n) is 7.28. The van der Waals surface area contributed by atoms with E-state index >= 15 is 0 Å². The van der Waals surface area contributed by atoms with Crippen LogP contribution in [0.25, 0.3) is 0 Å². The van der Waals surface area contributed by atoms with Gasteiger partial charge in [-0.1, -0.05) is 0 Å². The van der Waals surface area contributed by atoms with E-state index in [0.717, 1.165) is 58.4 Å². The zero-order valence-electron chi connectivity index (χ0n) is 11.7. The molecule has 1 atom stereocenters. The summed E-state index contributed by atoms with van der Waals surface area (Å²) in [5.41, 5.74) is 6.12. The van der Waals surface area contributed by atoms with Crippen LogP contribution in [0.5, 0.6) is 0 Å². The van der Waals surface area contributed by atoms with E-state index in [1.807, 2.05) is 0 Å². The summed E-state index contributed by atoms with van der Waals surface area (Å²) in [6, 6.07) is 0. The molecular weight excluding hydrogens is 228 g/mol. The maximum atomic E-state index is 5.95. The van der Waals surface area contributed by atoms with Crippen molar-refractivity contribution in [2.75, 3.05) is 53.1 Å². The largest absolute Gasteiger partial charge is 0.381 e. The maximum Gasteiger partial charge on any atom is 0.0593 e. The third kappa shape index (κ3) is 4.50. The van der Waals surface area contributed by atoms with Gasteiger partial charge >= 0.3 is 0 Å². The molecule has 1 saturated carbocycles. The Morgan fingerprint density at radius 3 is 2.89 bits per heavy atom. The van der Waals surface area contributed by atoms with Gasteiger partial charge in [0.1, 0.15) is 0 Å². The van der Waals surface area contributed by atoms with Gasteiger partial charge in [0.15, 0.2) is 0 Å². The molecule has 0 spiro atoms. The van der Waals surface area contributed by atoms with Crippen LogP contribution in [0.15, 0.2) is 0 Å². The number of rotatable bonds is 8. The minimum atomic E-state index is 0.170. The second-order valence-electron chi connectivity index (χ2n) is 6.12. The van der Waals surface area contributed by atoms with Crippen molar-refractivity contribution >= 4 is 0 Å². The van der Waals surface area contributed by atoms with Gasteiger partial charge in [0.2, 0.25) is 0 Å². The zero-order valence-corrected chi connectivity index (χ0v) is 11.7. The topological polar surface area (TPSA) is 47.7 Å². The van der Waals surface area contributed by atoms with E-state index in [1.165, 1.54) is 19.3 Å². The minimum Gasteiger partial charge on any atom is -0.381 e. The van der Waals surface area contributed by atoms with E-state index in [0.29, 0.717) is 0 Å². The monoisotopic (exact) mass is 256 g/mol. The fraction of sp³-hybridized carbons (Fsp3) is 1.00. The van der Waals surface area contributed by atoms with E-state index in [4.69, 9.17) is 15.2 Å². The summed E-state index contributed by atoms with van der Waals surface area (Å²) in [6.45, 7) is 6.26. The van der Waals surface area contributed by atoms with Gasteiger partial charge in [0.05, 0.1) is 13.2 Å². The molecular formula is C14H28N2O2. The summed E-state index contributed by atoms with van der Waals surface area (Å²) < 4.78 is 11.3. The molecule has 0 radical (unpaired) electrons. The smallest absolute Gasteiger partial charge is 0.0593 e. The summed E-state index contributed by atoms with van der Waals surface area (Å²) in [5.74, 6) is 0.859. The standard InChI is InChI=1S/C14H28N2O2/c1-16(6-8-17-9-13-3-4-13)11-14(10-15)5-2-7-18-12-14/h13H,2-12,15H2,1H3. The maximum absolute atomic E-state index is 5.95. The van der Waals surface area contributed by atoms with E-state index in [2.05, 4.69) is 11.9 Å². The fourth-order valence-electron chi connectivity index (χ4n) is 2.67. The summed E-state index contributed by atoms with van der Waals surface area (Å²) in [7, 11) is 2.16. The Labute approximate surface area is 111 Å². The molecule has 2 rings (SSSR count). The SMILES string of the molecule is CN(CCOCC1CC1)CC1(CN)CCCOC1. The Morgan fingerprint density at radius 1 is 1.44 bits per heavy atom. The lowest BCUT2D eigenvalue weighted by Gasteiger charge is -2.38. The van der Waals surface area contributed by atoms with Crippen LogP contribution in [0.2, 0.25) is 0 Å². The van der Waals surface area contributed by atoms with Gasteiger partial charge in [-0.05, 0) is 38.6 Å². The van der Waals surface area contributed by atoms with Crippen molar-refractivity contribution in [2.45, 2.75) is 25.7 Å². The van der Waals surface area contributed by atoms with Crippen molar-refractivity contribution in [2.24, 2.45) is 17.1 Å². The number of nitrogens with zero attached hydrogens (tertiary/aromatic N) is 1. The van der Waals surface area contributed by atoms with Crippen molar-refractivity contribution in [3.63, 3.8) is 0 Å². The molecule has 1 saturated heterocycles. The first kappa shape index (κ1) is 14.3. The van der Waals surface area contributed by atoms with E-state index in [1.54, 1.807) is 0 Å². The summed E-state index contributed by atoms with van der Waals surface area (Å²) in [4.78, 5) is 2.34. The molecule has 0 aromatic rings. The van der Waals surface area contributed by atoms with Gasteiger partial charge in [0, 0.05) is 38.3 Å². The normalized spacial score (nSPS) is 28.8. The van der Waals surface area contributed by atoms with Gasteiger partial charge in [-0.25, -0.2) is 0 Å². The minimum absolute atomic E-state index is 0.170. The molecule has 2 N–H and O–H groups in total. The third-order valence-electron chi connectivity index (χ3n) is 4.11. The van der Waals surface area contributed by atoms with Crippen LogP contribution in [0.1, 0.15) is 25.7 Å². The number of hydrogen-bond donors (Lipinski definition) is 1. The summed E-state index contributed by atoms with van der Waals surface area (Å²) >= 11 is 0. The van der Waals surface area contributed by atoms with Gasteiger partial charge in [-0.2, -0.15) is 0 Å². The highest BCUT2D eigenvalue weighted by Crippen LogP contribution is 2.29. The molecule has 106 valence electrons. The second kappa shape index (κ2) is 6.85. The number of hydrogen-bond acceptors (Lipinski definition) is 4. The zero-order chi connectivity index (χ0) is 12.8. The van der Waals surface area contributed by atoms with Crippen LogP contribution in [-0.4, -0.2) is 58.0 Å². The Hall–Kier alpha value is -0.160. The number of ether oxygens (including phenoxy) is 2. The van der Waals surface area contributed by atoms with Crippen LogP contribution >= 0.6 is 0 Å². The molecule has 1 aliphatic carbocycles. The van der Waals surface area contributed by atoms with E-state index < -0.39 is 0 Å². The van der Waals surface area contributed by atoms with Crippen LogP contribution < -0.4 is 5.73 Å². The molecule has 4 heteroatoms. The molecule has 0 aromatic heterocycles. The highest BCUT2D eigenvalue weighted by Gasteiger charge is 2.32. The van der Waals surface area contributed by atoms with Gasteiger partial charge in [0.25, 0.3) is 0 Å². The van der Waals surface area contributed by atoms with Gasteiger partial charge in [-0.3, -0.25) is 0 Å². The first-order valence-corrected chi connectivity index (χ1v) is 7.28. The third-order valence-corrected chi connectivity index (χ3v) is 4.11. The van der Waals surface area contributed by atoms with E-state index in [-0.39, 0.29) is 5.41 Å². The molecule has 0 amide bonds. The molecule has 1 aliphatic heterocycles. The number of likely N-dealkylation sites (N-methyl/N-ethyl adjacent to an activating group) is 1. The van der Waals surface area contributed by atoms with Gasteiger partial charge < -0.3 is 20.1 Å². The number of nitrogens with two attached hydrogens (primary N) is 1. The van der Waals surface area contributed by atoms with Crippen molar-refractivity contribution in [1.29, 1.82) is 0 Å². The van der Waals surface area contributed by atoms with Crippen LogP contribution in [0.4, 0.5) is 0 Å². The predicted octanol–water partition coefficient (Wildman–Crippen LogP) is 1.10. The first-order chi connectivity index (χ1) is 8.74. The average molecular weight is 256 g/mol. The molecule has 0 aromatic carbocycles. The Kier molecular flexibility index (Phi) is 5.42. The highest BCUT2D eigenvalue weighted by molar-refractivity contribution is 4.85. The lowest BCUT2D eigenvalue weighted by molar-refractivity contribution is -0.0216. The summed E-state index contributed by atoms with van der Waals surface area (Å²) in [6.07, 6.45) is 5.06. The lowest BCUT2D eigenvalue weighted by atomic mass is 9.82. The Morgan fingerprint density at radius 2 is 2.28 bits per heavy atom. The quantitative estimate of drug-likeness (QED) is 0.661. The Bertz CT molecular complexity index is 238. The van der Waals surface area contributed by atoms with Crippen molar-refractivity contribution < 1.29 is 9.47 Å². The molecule has 0 bridgehead atoms. The van der Waals surface area contributed by atoms with Crippen molar-refractivity contribution in [1.82, 2.24) is 4.90 Å². The van der Waals surface area contributed by atoms with Crippen molar-refractivity contribution in [3.05, 3.63) is 0 Å². The van der Waals surface area contributed by atoms with Crippen molar-refractivity contribution in [3.8, 4) is 0 Å². The molecule has 18 heavy (non-hydrogen) atoms. The second-order valence-corrected chi connectivity index (χ2v) is 6.12. The molecule has 1 heterocycles. The predicted molar refractivity (Wildman–Crippen MR) is 72.6 cm³/mol. The van der Waals surface area contributed by atoms with Crippen LogP contribution in [0.3, 0.4) is 0 Å². The molecule has 2 fully saturated rings. The average Bonchev–Trinajstić information content (AvgIpc) is 3.20. The lowest BCUT2D eigenvalue weighted by Crippen LogP contribution is -2.47. The van der Waals surface area contributed by atoms with Gasteiger partial charge in [-0.15, -0.1) is 0 Å². The fourth-order valence-corrected chi connectivity index (χ4v) is 2.67. The van der Waals surface area contributed by atoms with Crippen LogP contribution in [-0.2, 0) is 9.47 Å². The van der Waals surface area contributed by atoms with Crippen LogP contribution in [0, 0.1) is 11.3 Å². The van der Waals surface area contributed by atoms with E-state index in [9.17, 15) is 0 Å². The molecule has 2 aliphatic rings. The molecule has 1 unspecified atom stereocenters. The molecule has 4 nitrogen and oxygen atoms in total. The highest BCUT2D eigenvalue weighted by atomic mass is 16.5.